The maximum absolute atomic E-state index is 5.82. The average molecular weight is 280 g/mol. The molecule has 0 aromatic carbocycles. The molecule has 0 unspecified atom stereocenters. The number of nitrogens with one attached hydrogen (secondary N) is 1. The second kappa shape index (κ2) is 8.04. The van der Waals surface area contributed by atoms with Crippen molar-refractivity contribution in [3.63, 3.8) is 0 Å². The van der Waals surface area contributed by atoms with Crippen LogP contribution in [0.1, 0.15) is 40.2 Å². The molecule has 20 heavy (non-hydrogen) atoms. The number of hydrogen-bond acceptors (Lipinski definition) is 5. The molecular formula is C15H28N4O. The minimum Gasteiger partial charge on any atom is -0.476 e. The van der Waals surface area contributed by atoms with Gasteiger partial charge in [-0.15, -0.1) is 0 Å². The lowest BCUT2D eigenvalue weighted by molar-refractivity contribution is 0.140. The van der Waals surface area contributed by atoms with Crippen molar-refractivity contribution >= 4 is 5.95 Å². The van der Waals surface area contributed by atoms with Crippen molar-refractivity contribution in [3.8, 4) is 5.88 Å². The number of aromatic nitrogens is 2. The normalized spacial score (nSPS) is 11.4. The molecule has 0 amide bonds. The van der Waals surface area contributed by atoms with Crippen LogP contribution in [0.2, 0.25) is 0 Å². The van der Waals surface area contributed by atoms with E-state index in [1.807, 2.05) is 13.8 Å². The third kappa shape index (κ3) is 4.96. The predicted octanol–water partition coefficient (Wildman–Crippen LogP) is 2.71. The van der Waals surface area contributed by atoms with E-state index in [9.17, 15) is 0 Å². The lowest BCUT2D eigenvalue weighted by Crippen LogP contribution is -2.39. The second-order valence-corrected chi connectivity index (χ2v) is 5.49. The molecule has 0 atom stereocenters. The number of ether oxygens (including phenoxy) is 1. The maximum Gasteiger partial charge on any atom is 0.225 e. The van der Waals surface area contributed by atoms with Crippen molar-refractivity contribution < 1.29 is 4.74 Å². The van der Waals surface area contributed by atoms with Gasteiger partial charge in [0, 0.05) is 36.9 Å². The highest BCUT2D eigenvalue weighted by Crippen LogP contribution is 2.15. The molecule has 5 nitrogen and oxygen atoms in total. The molecule has 0 bridgehead atoms. The van der Waals surface area contributed by atoms with Gasteiger partial charge < -0.3 is 10.1 Å². The van der Waals surface area contributed by atoms with Crippen molar-refractivity contribution in [1.82, 2.24) is 14.9 Å². The highest BCUT2D eigenvalue weighted by Gasteiger charge is 2.13. The minimum atomic E-state index is 0.516. The summed E-state index contributed by atoms with van der Waals surface area (Å²) in [6.45, 7) is 15.2. The first-order chi connectivity index (χ1) is 9.45. The molecule has 1 rings (SSSR count). The average Bonchev–Trinajstić information content (AvgIpc) is 2.37. The highest BCUT2D eigenvalue weighted by atomic mass is 16.5. The van der Waals surface area contributed by atoms with Crippen LogP contribution in [0.15, 0.2) is 6.20 Å². The Labute approximate surface area is 122 Å². The van der Waals surface area contributed by atoms with Crippen molar-refractivity contribution in [3.05, 3.63) is 11.8 Å². The Morgan fingerprint density at radius 3 is 2.45 bits per heavy atom. The lowest BCUT2D eigenvalue weighted by Gasteiger charge is -2.30. The van der Waals surface area contributed by atoms with Crippen LogP contribution in [0.25, 0.3) is 0 Å². The van der Waals surface area contributed by atoms with Crippen LogP contribution in [0.3, 0.4) is 0 Å². The van der Waals surface area contributed by atoms with Gasteiger partial charge in [-0.3, -0.25) is 4.90 Å². The van der Waals surface area contributed by atoms with Crippen molar-refractivity contribution in [2.45, 2.75) is 53.6 Å². The quantitative estimate of drug-likeness (QED) is 0.793. The molecule has 0 aliphatic rings. The molecule has 0 fully saturated rings. The van der Waals surface area contributed by atoms with Gasteiger partial charge in [-0.25, -0.2) is 4.98 Å². The van der Waals surface area contributed by atoms with Gasteiger partial charge in [0.2, 0.25) is 11.8 Å². The van der Waals surface area contributed by atoms with Gasteiger partial charge in [-0.2, -0.15) is 4.98 Å². The van der Waals surface area contributed by atoms with Gasteiger partial charge in [0.05, 0.1) is 0 Å². The van der Waals surface area contributed by atoms with Gasteiger partial charge in [0.15, 0.2) is 0 Å². The van der Waals surface area contributed by atoms with Crippen molar-refractivity contribution in [1.29, 1.82) is 0 Å². The van der Waals surface area contributed by atoms with Gasteiger partial charge in [0.25, 0.3) is 0 Å². The number of hydrogen-bond donors (Lipinski definition) is 1. The van der Waals surface area contributed by atoms with E-state index in [0.717, 1.165) is 18.7 Å². The Balaban J connectivity index is 2.58. The molecule has 1 N–H and O–H groups in total. The molecule has 0 saturated carbocycles. The third-order valence-corrected chi connectivity index (χ3v) is 3.18. The number of anilines is 1. The van der Waals surface area contributed by atoms with E-state index in [-0.39, 0.29) is 0 Å². The Hall–Kier alpha value is -1.36. The lowest BCUT2D eigenvalue weighted by atomic mass is 10.2. The first kappa shape index (κ1) is 16.7. The van der Waals surface area contributed by atoms with Gasteiger partial charge >= 0.3 is 0 Å². The van der Waals surface area contributed by atoms with Crippen molar-refractivity contribution in [2.24, 2.45) is 0 Å². The molecular weight excluding hydrogens is 252 g/mol. The van der Waals surface area contributed by atoms with Gasteiger partial charge in [-0.1, -0.05) is 0 Å². The summed E-state index contributed by atoms with van der Waals surface area (Å²) in [5, 5.41) is 3.10. The molecule has 1 heterocycles. The van der Waals surface area contributed by atoms with Crippen LogP contribution < -0.4 is 10.1 Å². The Morgan fingerprint density at radius 2 is 1.90 bits per heavy atom. The van der Waals surface area contributed by atoms with Crippen molar-refractivity contribution in [2.75, 3.05) is 25.0 Å². The molecule has 0 aliphatic heterocycles. The summed E-state index contributed by atoms with van der Waals surface area (Å²) in [5.41, 5.74) is 0.965. The van der Waals surface area contributed by atoms with Crippen LogP contribution in [0, 0.1) is 6.92 Å². The summed E-state index contributed by atoms with van der Waals surface area (Å²) in [7, 11) is 0. The minimum absolute atomic E-state index is 0.516. The van der Waals surface area contributed by atoms with Gasteiger partial charge in [0.1, 0.15) is 6.61 Å². The Bertz CT molecular complexity index is 399. The van der Waals surface area contributed by atoms with E-state index in [1.165, 1.54) is 0 Å². The second-order valence-electron chi connectivity index (χ2n) is 5.49. The summed E-state index contributed by atoms with van der Waals surface area (Å²) < 4.78 is 5.82. The summed E-state index contributed by atoms with van der Waals surface area (Å²) >= 11 is 0. The zero-order chi connectivity index (χ0) is 15.1. The molecule has 114 valence electrons. The number of rotatable bonds is 8. The molecule has 1 aromatic rings. The zero-order valence-corrected chi connectivity index (χ0v) is 13.6. The number of nitrogens with zero attached hydrogens (tertiary/aromatic N) is 3. The highest BCUT2D eigenvalue weighted by molar-refractivity contribution is 5.32. The fourth-order valence-electron chi connectivity index (χ4n) is 2.18. The van der Waals surface area contributed by atoms with E-state index in [4.69, 9.17) is 4.74 Å². The summed E-state index contributed by atoms with van der Waals surface area (Å²) in [6, 6.07) is 1.03. The van der Waals surface area contributed by atoms with Gasteiger partial charge in [-0.05, 0) is 41.5 Å². The van der Waals surface area contributed by atoms with E-state index in [1.54, 1.807) is 6.20 Å². The first-order valence-electron chi connectivity index (χ1n) is 7.41. The topological polar surface area (TPSA) is 50.3 Å². The largest absolute Gasteiger partial charge is 0.476 e. The summed E-state index contributed by atoms with van der Waals surface area (Å²) in [5.74, 6) is 1.29. The van der Waals surface area contributed by atoms with E-state index < -0.39 is 0 Å². The smallest absolute Gasteiger partial charge is 0.225 e. The van der Waals surface area contributed by atoms with Crippen LogP contribution >= 0.6 is 0 Å². The molecule has 0 saturated heterocycles. The molecule has 5 heteroatoms. The Morgan fingerprint density at radius 1 is 1.25 bits per heavy atom. The first-order valence-corrected chi connectivity index (χ1v) is 7.41. The molecule has 0 radical (unpaired) electrons. The SMILES string of the molecule is CCNc1ncc(C)c(OCCN(C(C)C)C(C)C)n1. The van der Waals surface area contributed by atoms with Crippen LogP contribution in [-0.4, -0.2) is 46.6 Å². The zero-order valence-electron chi connectivity index (χ0n) is 13.6. The van der Waals surface area contributed by atoms with E-state index >= 15 is 0 Å². The third-order valence-electron chi connectivity index (χ3n) is 3.18. The van der Waals surface area contributed by atoms with Crippen LogP contribution in [0.4, 0.5) is 5.95 Å². The maximum atomic E-state index is 5.82. The molecule has 1 aromatic heterocycles. The Kier molecular flexibility index (Phi) is 6.71. The fourth-order valence-corrected chi connectivity index (χ4v) is 2.18. The van der Waals surface area contributed by atoms with Crippen LogP contribution in [-0.2, 0) is 0 Å². The monoisotopic (exact) mass is 280 g/mol. The molecule has 0 spiro atoms. The number of aryl methyl sites for hydroxylation is 1. The molecule has 0 aliphatic carbocycles. The van der Waals surface area contributed by atoms with Crippen LogP contribution in [0.5, 0.6) is 5.88 Å². The van der Waals surface area contributed by atoms with E-state index in [0.29, 0.717) is 30.5 Å². The standard InChI is InChI=1S/C15H28N4O/c1-7-16-15-17-10-13(6)14(18-15)20-9-8-19(11(2)3)12(4)5/h10-12H,7-9H2,1-6H3,(H,16,17,18). The van der Waals surface area contributed by atoms with E-state index in [2.05, 4.69) is 47.9 Å². The summed E-state index contributed by atoms with van der Waals surface area (Å²) in [6.07, 6.45) is 1.79. The summed E-state index contributed by atoms with van der Waals surface area (Å²) in [4.78, 5) is 11.0. The predicted molar refractivity (Wildman–Crippen MR) is 83.4 cm³/mol. The fraction of sp³-hybridized carbons (Fsp3) is 0.733.